The highest BCUT2D eigenvalue weighted by Gasteiger charge is 2.24. The van der Waals surface area contributed by atoms with Gasteiger partial charge in [-0.05, 0) is 245 Å². The van der Waals surface area contributed by atoms with E-state index in [1.807, 2.05) is 22.7 Å². The van der Waals surface area contributed by atoms with Crippen molar-refractivity contribution in [3.63, 3.8) is 0 Å². The van der Waals surface area contributed by atoms with E-state index in [0.29, 0.717) is 0 Å². The first-order valence-corrected chi connectivity index (χ1v) is 41.2. The van der Waals surface area contributed by atoms with Crippen molar-refractivity contribution in [3.8, 4) is 89.0 Å². The first-order valence-electron chi connectivity index (χ1n) is 50.5. The van der Waals surface area contributed by atoms with Gasteiger partial charge < -0.3 is 0 Å². The number of fused-ring (bicyclic) bond motifs is 16. The molecule has 0 atom stereocenters. The topological polar surface area (TPSA) is 0 Å². The Morgan fingerprint density at radius 2 is 0.542 bits per heavy atom. The normalized spacial score (nSPS) is 14.2. The van der Waals surface area contributed by atoms with Crippen LogP contribution in [0.1, 0.15) is 30.2 Å². The monoisotopic (exact) mass is 1580 g/mol. The summed E-state index contributed by atoms with van der Waals surface area (Å²) in [6.45, 7) is 0. The molecule has 23 aromatic carbocycles. The van der Waals surface area contributed by atoms with Gasteiger partial charge in [0.2, 0.25) is 0 Å². The van der Waals surface area contributed by atoms with Gasteiger partial charge in [-0.15, -0.1) is 22.7 Å². The second kappa shape index (κ2) is 29.7. The van der Waals surface area contributed by atoms with Crippen LogP contribution in [0.25, 0.3) is 237 Å². The lowest BCUT2D eigenvalue weighted by molar-refractivity contribution is 1.65. The third-order valence-corrected chi connectivity index (χ3v) is 25.4. The fourth-order valence-corrected chi connectivity index (χ4v) is 20.2. The number of benzene rings is 23. The molecule has 2 aromatic heterocycles. The zero-order chi connectivity index (χ0) is 98.3. The van der Waals surface area contributed by atoms with E-state index in [-0.39, 0.29) is 0 Å². The van der Waals surface area contributed by atoms with Crippen LogP contribution >= 0.6 is 22.7 Å². The van der Waals surface area contributed by atoms with Crippen LogP contribution in [0.15, 0.2) is 448 Å². The molecule has 0 spiro atoms. The summed E-state index contributed by atoms with van der Waals surface area (Å²) in [5, 5.41) is 15.9. The number of hydrogen-bond acceptors (Lipinski definition) is 2. The van der Waals surface area contributed by atoms with E-state index >= 15 is 0 Å². The first kappa shape index (κ1) is 51.2. The smallest absolute Gasteiger partial charge is 0.0636 e. The van der Waals surface area contributed by atoms with Crippen LogP contribution in [0.5, 0.6) is 0 Å². The van der Waals surface area contributed by atoms with Gasteiger partial charge in [-0.3, -0.25) is 0 Å². The molecule has 0 amide bonds. The minimum Gasteiger partial charge on any atom is -0.135 e. The van der Waals surface area contributed by atoms with Crippen molar-refractivity contribution in [3.05, 3.63) is 448 Å². The Morgan fingerprint density at radius 1 is 0.158 bits per heavy atom. The summed E-state index contributed by atoms with van der Waals surface area (Å²) in [5.41, 5.74) is 12.7. The largest absolute Gasteiger partial charge is 0.135 e. The average Bonchev–Trinajstić information content (AvgIpc) is 0.688. The fraction of sp³-hybridized carbons (Fsp3) is 0. The van der Waals surface area contributed by atoms with Gasteiger partial charge in [-0.25, -0.2) is 0 Å². The van der Waals surface area contributed by atoms with Crippen molar-refractivity contribution in [2.24, 2.45) is 0 Å². The minimum atomic E-state index is -0.915. The SMILES string of the molecule is [2H]c1c([2H])c([2H])c2c([2H])c(-c3c4c([2H])c([2H])c([2H])c([2H])c4c(-c4c([2H])c([2H])c([2H])c5c([2H])c([2H])c([2H])c([2H])c45)c4c([2H])c([2H])c([2H])c([2H])c34)c([2H])c([2H])c2c1[2H].c1ccc(-c2c3ccccc3c(-c3ccc4ccccc4c3)c3cc(-c4cccc5sc6ccccc6c45)ccc23)cc1.c1ccc(-c2c3ccccc3c(-c3cccc4ccccc34)c3cc(-c4cccc5sc6ccccc6c45)ccc23)cc1. The predicted octanol–water partition coefficient (Wildman–Crippen LogP) is 34.7. The molecular formula is C118H74S2. The zero-order valence-electron chi connectivity index (χ0n) is 85.8. The molecule has 0 N–H and O–H groups in total. The third-order valence-electron chi connectivity index (χ3n) is 23.1. The maximum atomic E-state index is 9.32. The molecule has 2 heterocycles. The van der Waals surface area contributed by atoms with Crippen LogP contribution in [0.2, 0.25) is 0 Å². The molecule has 0 saturated heterocycles. The molecule has 25 rings (SSSR count). The van der Waals surface area contributed by atoms with E-state index in [1.165, 1.54) is 172 Å². The van der Waals surface area contributed by atoms with E-state index in [4.69, 9.17) is 23.3 Å². The number of rotatable bonds is 8. The van der Waals surface area contributed by atoms with Gasteiger partial charge in [-0.1, -0.05) is 400 Å². The maximum absolute atomic E-state index is 9.32. The van der Waals surface area contributed by atoms with Crippen molar-refractivity contribution in [2.45, 2.75) is 0 Å². The Bertz CT molecular complexity index is 9740. The summed E-state index contributed by atoms with van der Waals surface area (Å²) in [6, 6.07) is 97.1. The number of thiophene rings is 2. The first-order chi connectivity index (χ1) is 68.7. The molecule has 0 aliphatic carbocycles. The molecule has 25 aromatic rings. The molecule has 120 heavy (non-hydrogen) atoms. The summed E-state index contributed by atoms with van der Waals surface area (Å²) < 4.78 is 198. The van der Waals surface area contributed by atoms with Crippen molar-refractivity contribution in [2.75, 3.05) is 0 Å². The van der Waals surface area contributed by atoms with E-state index in [0.717, 1.165) is 0 Å². The Kier molecular flexibility index (Phi) is 12.7. The summed E-state index contributed by atoms with van der Waals surface area (Å²) in [5.74, 6) is 0. The molecule has 0 fully saturated rings. The van der Waals surface area contributed by atoms with Crippen LogP contribution < -0.4 is 0 Å². The summed E-state index contributed by atoms with van der Waals surface area (Å²) in [7, 11) is 0. The zero-order valence-corrected chi connectivity index (χ0v) is 65.5. The molecule has 0 bridgehead atoms. The summed E-state index contributed by atoms with van der Waals surface area (Å²) in [4.78, 5) is 0. The van der Waals surface area contributed by atoms with Crippen molar-refractivity contribution in [1.82, 2.24) is 0 Å². The molecule has 558 valence electrons. The van der Waals surface area contributed by atoms with E-state index in [9.17, 15) is 6.85 Å². The van der Waals surface area contributed by atoms with Crippen LogP contribution in [0, 0.1) is 0 Å². The average molecular weight is 1580 g/mol. The minimum absolute atomic E-state index is 0.526. The van der Waals surface area contributed by atoms with Gasteiger partial charge in [-0.2, -0.15) is 0 Å². The van der Waals surface area contributed by atoms with Crippen LogP contribution in [-0.4, -0.2) is 0 Å². The van der Waals surface area contributed by atoms with Gasteiger partial charge in [0, 0.05) is 40.3 Å². The molecule has 0 aliphatic rings. The molecule has 0 saturated carbocycles. The van der Waals surface area contributed by atoms with Gasteiger partial charge >= 0.3 is 0 Å². The van der Waals surface area contributed by atoms with Gasteiger partial charge in [0.05, 0.1) is 30.2 Å². The van der Waals surface area contributed by atoms with E-state index < -0.39 is 198 Å². The van der Waals surface area contributed by atoms with Crippen LogP contribution in [0.3, 0.4) is 0 Å². The lowest BCUT2D eigenvalue weighted by Gasteiger charge is -2.20. The van der Waals surface area contributed by atoms with Crippen molar-refractivity contribution in [1.29, 1.82) is 0 Å². The highest BCUT2D eigenvalue weighted by atomic mass is 32.1. The lowest BCUT2D eigenvalue weighted by Crippen LogP contribution is -1.92. The highest BCUT2D eigenvalue weighted by Crippen LogP contribution is 2.52. The summed E-state index contributed by atoms with van der Waals surface area (Å²) >= 11 is 3.75. The van der Waals surface area contributed by atoms with Gasteiger partial charge in [0.15, 0.2) is 0 Å². The van der Waals surface area contributed by atoms with E-state index in [2.05, 4.69) is 315 Å². The van der Waals surface area contributed by atoms with Crippen molar-refractivity contribution >= 4 is 171 Å². The molecule has 0 radical (unpaired) electrons. The standard InChI is InChI=1S/2C42H26S.C34H22/c1-2-13-28(14-3-1)40-33-17-6-7-18-34(33)41(32-21-10-15-27-12-4-5-16-30(27)32)37-26-29(24-25-35(37)40)31-20-11-23-39-42(31)36-19-8-9-22-38(36)43-39;1-2-12-28(13-3-1)40-33-15-6-7-16-34(33)41(31-22-21-27-11-4-5-14-29(27)25-31)37-26-30(23-24-35(37)40)32-18-10-20-39-42(32)36-17-8-9-19-38(36)43-39;1-2-12-25-22-26(21-20-23(25)10-1)33-29-15-5-7-17-31(29)34(32-18-8-6-16-30(32)33)28-19-9-13-24-11-3-4-14-27(24)28/h2*1-26H;1-22H/i;;1D,2D,3D,4D,5D,6D,7D,8D,9D,10D,11D,12D,13D,14D,15D,16D,17D,18D,19D,20D,21D,22D. The Labute approximate surface area is 734 Å². The Hall–Kier alpha value is -14.9. The second-order valence-corrected chi connectivity index (χ2v) is 31.9. The predicted molar refractivity (Wildman–Crippen MR) is 524 cm³/mol. The maximum Gasteiger partial charge on any atom is 0.0636 e. The third kappa shape index (κ3) is 12.0. The molecule has 0 aliphatic heterocycles. The molecular weight excluding hydrogens is 1480 g/mol. The highest BCUT2D eigenvalue weighted by molar-refractivity contribution is 7.26. The van der Waals surface area contributed by atoms with Gasteiger partial charge in [0.1, 0.15) is 0 Å². The summed E-state index contributed by atoms with van der Waals surface area (Å²) in [6.07, 6.45) is 0. The fourth-order valence-electron chi connectivity index (χ4n) is 18.0. The van der Waals surface area contributed by atoms with Crippen LogP contribution in [0.4, 0.5) is 0 Å². The Morgan fingerprint density at radius 3 is 1.12 bits per heavy atom. The number of hydrogen-bond donors (Lipinski definition) is 0. The van der Waals surface area contributed by atoms with Crippen molar-refractivity contribution < 1.29 is 30.2 Å². The second-order valence-electron chi connectivity index (χ2n) is 29.7. The molecule has 0 nitrogen and oxygen atoms in total. The van der Waals surface area contributed by atoms with E-state index in [1.54, 1.807) is 0 Å². The Balaban J connectivity index is 0.000000120. The van der Waals surface area contributed by atoms with Gasteiger partial charge in [0.25, 0.3) is 0 Å². The molecule has 0 unspecified atom stereocenters. The van der Waals surface area contributed by atoms with Crippen LogP contribution in [-0.2, 0) is 0 Å². The molecule has 2 heteroatoms. The lowest BCUT2D eigenvalue weighted by atomic mass is 9.83. The quantitative estimate of drug-likeness (QED) is 0.133.